The summed E-state index contributed by atoms with van der Waals surface area (Å²) in [4.78, 5) is 27.9. The molecular weight excluding hydrogens is 487 g/mol. The van der Waals surface area contributed by atoms with Crippen LogP contribution in [0.5, 0.6) is 0 Å². The minimum absolute atomic E-state index is 0.212. The van der Waals surface area contributed by atoms with Crippen LogP contribution in [0.2, 0.25) is 10.0 Å². The van der Waals surface area contributed by atoms with Crippen LogP contribution in [0, 0.1) is 0 Å². The molecule has 2 aromatic carbocycles. The molecule has 1 saturated carbocycles. The lowest BCUT2D eigenvalue weighted by Gasteiger charge is -2.47. The summed E-state index contributed by atoms with van der Waals surface area (Å²) in [5.41, 5.74) is 1.34. The van der Waals surface area contributed by atoms with Crippen LogP contribution in [0.1, 0.15) is 59.1 Å². The number of nitrogens with one attached hydrogen (secondary N) is 1. The third-order valence-corrected chi connectivity index (χ3v) is 7.72. The van der Waals surface area contributed by atoms with E-state index >= 15 is 0 Å². The number of nitrogens with zero attached hydrogens (tertiary/aromatic N) is 1. The van der Waals surface area contributed by atoms with Crippen molar-refractivity contribution in [3.63, 3.8) is 0 Å². The summed E-state index contributed by atoms with van der Waals surface area (Å²) in [6.45, 7) is 0. The highest BCUT2D eigenvalue weighted by Gasteiger charge is 2.47. The van der Waals surface area contributed by atoms with Gasteiger partial charge in [-0.15, -0.1) is 0 Å². The summed E-state index contributed by atoms with van der Waals surface area (Å²) in [6, 6.07) is 10.3. The number of sulfonamides is 1. The molecule has 7 nitrogen and oxygen atoms in total. The van der Waals surface area contributed by atoms with E-state index in [-0.39, 0.29) is 18.0 Å². The van der Waals surface area contributed by atoms with Gasteiger partial charge in [0.25, 0.3) is 5.91 Å². The monoisotopic (exact) mass is 510 g/mol. The smallest absolute Gasteiger partial charge is 0.313 e. The number of halogens is 2. The van der Waals surface area contributed by atoms with Crippen molar-refractivity contribution in [1.82, 2.24) is 9.62 Å². The summed E-state index contributed by atoms with van der Waals surface area (Å²) >= 11 is 12.6. The molecule has 0 unspecified atom stereocenters. The molecule has 1 aliphatic carbocycles. The number of carbonyl (C=O) groups excluding carboxylic acids is 1. The van der Waals surface area contributed by atoms with Gasteiger partial charge in [-0.3, -0.25) is 9.59 Å². The lowest BCUT2D eigenvalue weighted by molar-refractivity contribution is -0.141. The number of hydrogen-bond donors (Lipinski definition) is 2. The van der Waals surface area contributed by atoms with Gasteiger partial charge in [0.05, 0.1) is 12.3 Å². The molecule has 2 atom stereocenters. The molecule has 0 aromatic heterocycles. The van der Waals surface area contributed by atoms with Crippen LogP contribution < -0.4 is 4.72 Å². The molecule has 2 aromatic rings. The van der Waals surface area contributed by atoms with Gasteiger partial charge in [-0.1, -0.05) is 47.5 Å². The zero-order valence-corrected chi connectivity index (χ0v) is 20.2. The van der Waals surface area contributed by atoms with E-state index in [0.717, 1.165) is 6.26 Å². The lowest BCUT2D eigenvalue weighted by Crippen LogP contribution is -2.52. The number of aliphatic carboxylic acids is 1. The van der Waals surface area contributed by atoms with Crippen molar-refractivity contribution < 1.29 is 23.1 Å². The molecule has 10 heteroatoms. The Bertz CT molecular complexity index is 1200. The molecule has 0 spiro atoms. The molecule has 1 aliphatic heterocycles. The molecule has 0 saturated heterocycles. The Balaban J connectivity index is 1.78. The van der Waals surface area contributed by atoms with E-state index in [2.05, 4.69) is 4.72 Å². The SMILES string of the molecule is CS(=O)(=O)N[C@H]1CC[C@H](N2C(=O)c3ccccc3[C@@H](C(=O)O)[C@@H]2c2ccc(Cl)cc2Cl)CC1. The minimum Gasteiger partial charge on any atom is -0.481 e. The molecule has 2 aliphatic rings. The largest absolute Gasteiger partial charge is 0.481 e. The molecule has 1 fully saturated rings. The predicted molar refractivity (Wildman–Crippen MR) is 126 cm³/mol. The van der Waals surface area contributed by atoms with Crippen molar-refractivity contribution in [2.45, 2.75) is 49.7 Å². The Morgan fingerprint density at radius 3 is 2.33 bits per heavy atom. The number of amides is 1. The fourth-order valence-electron chi connectivity index (χ4n) is 5.07. The van der Waals surface area contributed by atoms with Crippen LogP contribution in [0.3, 0.4) is 0 Å². The van der Waals surface area contributed by atoms with E-state index in [4.69, 9.17) is 23.2 Å². The maximum Gasteiger partial charge on any atom is 0.313 e. The Morgan fingerprint density at radius 1 is 1.06 bits per heavy atom. The van der Waals surface area contributed by atoms with Gasteiger partial charge in [-0.25, -0.2) is 13.1 Å². The summed E-state index contributed by atoms with van der Waals surface area (Å²) in [5, 5.41) is 11.0. The molecule has 176 valence electrons. The van der Waals surface area contributed by atoms with E-state index in [0.29, 0.717) is 52.4 Å². The van der Waals surface area contributed by atoms with E-state index in [1.165, 1.54) is 0 Å². The van der Waals surface area contributed by atoms with Crippen molar-refractivity contribution in [2.24, 2.45) is 0 Å². The average molecular weight is 511 g/mol. The quantitative estimate of drug-likeness (QED) is 0.626. The van der Waals surface area contributed by atoms with Crippen molar-refractivity contribution in [1.29, 1.82) is 0 Å². The fourth-order valence-corrected chi connectivity index (χ4v) is 6.43. The number of carbonyl (C=O) groups is 2. The van der Waals surface area contributed by atoms with Crippen LogP contribution in [0.4, 0.5) is 0 Å². The van der Waals surface area contributed by atoms with Crippen LogP contribution >= 0.6 is 23.2 Å². The zero-order chi connectivity index (χ0) is 23.9. The first-order valence-electron chi connectivity index (χ1n) is 10.6. The molecule has 33 heavy (non-hydrogen) atoms. The van der Waals surface area contributed by atoms with E-state index in [1.54, 1.807) is 47.4 Å². The van der Waals surface area contributed by atoms with Gasteiger partial charge in [0.1, 0.15) is 5.92 Å². The topological polar surface area (TPSA) is 104 Å². The van der Waals surface area contributed by atoms with Crippen molar-refractivity contribution in [3.05, 3.63) is 69.2 Å². The number of hydrogen-bond acceptors (Lipinski definition) is 4. The van der Waals surface area contributed by atoms with E-state index in [9.17, 15) is 23.1 Å². The minimum atomic E-state index is -3.34. The molecule has 0 radical (unpaired) electrons. The van der Waals surface area contributed by atoms with Gasteiger partial charge in [0.2, 0.25) is 10.0 Å². The van der Waals surface area contributed by atoms with Crippen molar-refractivity contribution in [3.8, 4) is 0 Å². The number of fused-ring (bicyclic) bond motifs is 1. The predicted octanol–water partition coefficient (Wildman–Crippen LogP) is 4.22. The average Bonchev–Trinajstić information content (AvgIpc) is 2.73. The van der Waals surface area contributed by atoms with Gasteiger partial charge in [-0.05, 0) is 55.0 Å². The Kier molecular flexibility index (Phi) is 6.73. The summed E-state index contributed by atoms with van der Waals surface area (Å²) in [5.74, 6) is -2.31. The maximum atomic E-state index is 13.7. The number of carboxylic acids is 1. The molecule has 1 heterocycles. The van der Waals surface area contributed by atoms with Crippen LogP contribution in [0.15, 0.2) is 42.5 Å². The van der Waals surface area contributed by atoms with Crippen LogP contribution in [-0.4, -0.2) is 48.6 Å². The van der Waals surface area contributed by atoms with Gasteiger partial charge in [0, 0.05) is 27.7 Å². The zero-order valence-electron chi connectivity index (χ0n) is 17.9. The molecular formula is C23H24Cl2N2O5S. The van der Waals surface area contributed by atoms with Crippen LogP contribution in [-0.2, 0) is 14.8 Å². The number of rotatable bonds is 5. The van der Waals surface area contributed by atoms with E-state index in [1.807, 2.05) is 0 Å². The summed E-state index contributed by atoms with van der Waals surface area (Å²) in [6.07, 6.45) is 3.29. The number of carboxylic acid groups (broad SMARTS) is 1. The standard InChI is InChI=1S/C23H24Cl2N2O5S/c1-33(31,32)26-14-7-9-15(10-8-14)27-21(18-11-6-13(24)12-19(18)25)20(23(29)30)16-4-2-3-5-17(16)22(27)28/h2-6,11-12,14-15,20-21,26H,7-10H2,1H3,(H,29,30)/t14-,15-,20-,21+/m1/s1. The lowest BCUT2D eigenvalue weighted by atomic mass is 9.77. The third kappa shape index (κ3) is 4.89. The third-order valence-electron chi connectivity index (χ3n) is 6.39. The van der Waals surface area contributed by atoms with Gasteiger partial charge in [0.15, 0.2) is 0 Å². The Labute approximate surface area is 202 Å². The summed E-state index contributed by atoms with van der Waals surface area (Å²) < 4.78 is 25.9. The molecule has 4 rings (SSSR count). The first-order chi connectivity index (χ1) is 15.6. The van der Waals surface area contributed by atoms with Gasteiger partial charge in [-0.2, -0.15) is 0 Å². The molecule has 2 N–H and O–H groups in total. The van der Waals surface area contributed by atoms with Gasteiger partial charge >= 0.3 is 5.97 Å². The molecule has 0 bridgehead atoms. The molecule has 1 amide bonds. The second-order valence-electron chi connectivity index (χ2n) is 8.62. The van der Waals surface area contributed by atoms with Crippen molar-refractivity contribution in [2.75, 3.05) is 6.26 Å². The first-order valence-corrected chi connectivity index (χ1v) is 13.3. The summed E-state index contributed by atoms with van der Waals surface area (Å²) in [7, 11) is -3.34. The number of benzene rings is 2. The van der Waals surface area contributed by atoms with E-state index < -0.39 is 28.0 Å². The van der Waals surface area contributed by atoms with Crippen molar-refractivity contribution >= 4 is 45.1 Å². The Morgan fingerprint density at radius 2 is 1.73 bits per heavy atom. The highest BCUT2D eigenvalue weighted by atomic mass is 35.5. The van der Waals surface area contributed by atoms with Crippen LogP contribution in [0.25, 0.3) is 0 Å². The normalized spacial score (nSPS) is 25.5. The first kappa shape index (κ1) is 24.0. The Hall–Kier alpha value is -2.13. The van der Waals surface area contributed by atoms with Gasteiger partial charge < -0.3 is 10.0 Å². The fraction of sp³-hybridized carbons (Fsp3) is 0.391. The highest BCUT2D eigenvalue weighted by molar-refractivity contribution is 7.88. The second-order valence-corrected chi connectivity index (χ2v) is 11.2. The maximum absolute atomic E-state index is 13.7. The highest BCUT2D eigenvalue weighted by Crippen LogP contribution is 2.47. The second kappa shape index (κ2) is 9.25.